The van der Waals surface area contributed by atoms with Gasteiger partial charge < -0.3 is 4.90 Å². The molecule has 2 saturated heterocycles. The van der Waals surface area contributed by atoms with Gasteiger partial charge in [-0.25, -0.2) is 22.7 Å². The van der Waals surface area contributed by atoms with E-state index in [1.165, 1.54) is 4.31 Å². The second kappa shape index (κ2) is 9.77. The Labute approximate surface area is 196 Å². The van der Waals surface area contributed by atoms with Gasteiger partial charge in [-0.3, -0.25) is 9.69 Å². The average molecular weight is 492 g/mol. The van der Waals surface area contributed by atoms with Crippen molar-refractivity contribution in [1.82, 2.24) is 19.2 Å². The van der Waals surface area contributed by atoms with Crippen molar-refractivity contribution < 1.29 is 13.2 Å². The molecule has 11 heteroatoms. The van der Waals surface area contributed by atoms with Crippen molar-refractivity contribution in [3.8, 4) is 0 Å². The minimum absolute atomic E-state index is 0. The molecule has 2 aliphatic carbocycles. The van der Waals surface area contributed by atoms with Gasteiger partial charge in [0.1, 0.15) is 0 Å². The maximum absolute atomic E-state index is 12.9. The maximum Gasteiger partial charge on any atom is 0.241 e. The molecule has 3 heterocycles. The molecule has 5 rings (SSSR count). The summed E-state index contributed by atoms with van der Waals surface area (Å²) in [5.74, 6) is 0.950. The summed E-state index contributed by atoms with van der Waals surface area (Å²) in [5.41, 5.74) is 0. The van der Waals surface area contributed by atoms with Gasteiger partial charge in [-0.05, 0) is 56.6 Å². The molecule has 8 nitrogen and oxygen atoms in total. The largest absolute Gasteiger partial charge is 0.338 e. The van der Waals surface area contributed by atoms with Crippen LogP contribution in [0.25, 0.3) is 0 Å². The van der Waals surface area contributed by atoms with Crippen LogP contribution in [0.3, 0.4) is 0 Å². The lowest BCUT2D eigenvalue weighted by molar-refractivity contribution is -0.130. The molecule has 4 unspecified atom stereocenters. The zero-order chi connectivity index (χ0) is 20.0. The lowest BCUT2D eigenvalue weighted by Crippen LogP contribution is -2.47. The van der Waals surface area contributed by atoms with Gasteiger partial charge in [0.25, 0.3) is 0 Å². The molecule has 2 saturated carbocycles. The van der Waals surface area contributed by atoms with Gasteiger partial charge in [-0.15, -0.1) is 24.8 Å². The molecule has 174 valence electrons. The Hall–Kier alpha value is -1.16. The minimum Gasteiger partial charge on any atom is -0.338 e. The molecule has 31 heavy (non-hydrogen) atoms. The number of piperazine rings is 1. The zero-order valence-electron chi connectivity index (χ0n) is 17.5. The third-order valence-electron chi connectivity index (χ3n) is 7.32. The van der Waals surface area contributed by atoms with E-state index in [1.807, 2.05) is 6.07 Å². The van der Waals surface area contributed by atoms with Gasteiger partial charge >= 0.3 is 0 Å². The first-order chi connectivity index (χ1) is 14.1. The zero-order valence-corrected chi connectivity index (χ0v) is 20.0. The van der Waals surface area contributed by atoms with Crippen molar-refractivity contribution in [2.24, 2.45) is 17.8 Å². The highest BCUT2D eigenvalue weighted by Crippen LogP contribution is 2.55. The maximum atomic E-state index is 12.9. The molecule has 4 aliphatic rings. The number of fused-ring (bicyclic) bond motifs is 5. The van der Waals surface area contributed by atoms with Crippen molar-refractivity contribution >= 4 is 46.7 Å². The van der Waals surface area contributed by atoms with Crippen LogP contribution in [0.15, 0.2) is 18.5 Å². The average Bonchev–Trinajstić information content (AvgIpc) is 3.41. The van der Waals surface area contributed by atoms with Gasteiger partial charge in [0.05, 0.1) is 11.2 Å². The van der Waals surface area contributed by atoms with E-state index in [1.54, 1.807) is 12.4 Å². The quantitative estimate of drug-likeness (QED) is 0.560. The minimum atomic E-state index is -3.44. The molecule has 1 aromatic heterocycles. The number of nitrogens with zero attached hydrogens (tertiary/aromatic N) is 5. The molecule has 0 aromatic carbocycles. The molecule has 2 bridgehead atoms. The Balaban J connectivity index is 0.00000136. The smallest absolute Gasteiger partial charge is 0.241 e. The van der Waals surface area contributed by atoms with E-state index in [0.717, 1.165) is 70.8 Å². The van der Waals surface area contributed by atoms with Crippen LogP contribution in [0.5, 0.6) is 0 Å². The third-order valence-corrected chi connectivity index (χ3v) is 9.66. The molecule has 1 aromatic rings. The van der Waals surface area contributed by atoms with Crippen molar-refractivity contribution in [3.63, 3.8) is 0 Å². The fraction of sp³-hybridized carbons (Fsp3) is 0.750. The Morgan fingerprint density at radius 2 is 1.58 bits per heavy atom. The van der Waals surface area contributed by atoms with Gasteiger partial charge in [0.15, 0.2) is 0 Å². The van der Waals surface area contributed by atoms with Crippen molar-refractivity contribution in [3.05, 3.63) is 18.5 Å². The first-order valence-corrected chi connectivity index (χ1v) is 12.4. The number of aromatic nitrogens is 2. The van der Waals surface area contributed by atoms with E-state index < -0.39 is 15.3 Å². The number of halogens is 2. The molecule has 0 spiro atoms. The number of amides is 1. The summed E-state index contributed by atoms with van der Waals surface area (Å²) in [6, 6.07) is 1.82. The van der Waals surface area contributed by atoms with E-state index in [4.69, 9.17) is 0 Å². The van der Waals surface area contributed by atoms with Crippen LogP contribution in [-0.4, -0.2) is 78.0 Å². The predicted octanol–water partition coefficient (Wildman–Crippen LogP) is 1.81. The standard InChI is InChI=1S/C20H29N5O3S.2ClH/c26-19-17-15-4-5-16(14-15)18(17)29(27,28)25(19)9-2-1-8-23-10-12-24(13-11-23)20-21-6-3-7-22-20;;/h3,6-7,15-18H,1-2,4-5,8-14H2;2*1H. The molecular formula is C20H31Cl2N5O3S. The van der Waals surface area contributed by atoms with Crippen LogP contribution < -0.4 is 4.90 Å². The Morgan fingerprint density at radius 3 is 2.26 bits per heavy atom. The number of hydrogen-bond acceptors (Lipinski definition) is 7. The number of unbranched alkanes of at least 4 members (excludes halogenated alkanes) is 1. The van der Waals surface area contributed by atoms with Gasteiger partial charge in [0.2, 0.25) is 21.9 Å². The van der Waals surface area contributed by atoms with Gasteiger partial charge in [0, 0.05) is 45.1 Å². The van der Waals surface area contributed by atoms with E-state index in [9.17, 15) is 13.2 Å². The fourth-order valence-corrected chi connectivity index (χ4v) is 8.39. The number of anilines is 1. The summed E-state index contributed by atoms with van der Waals surface area (Å²) >= 11 is 0. The lowest BCUT2D eigenvalue weighted by Gasteiger charge is -2.34. The van der Waals surface area contributed by atoms with Crippen LogP contribution in [0.2, 0.25) is 0 Å². The summed E-state index contributed by atoms with van der Waals surface area (Å²) in [5, 5.41) is -0.415. The van der Waals surface area contributed by atoms with Crippen LogP contribution in [-0.2, 0) is 14.8 Å². The number of rotatable bonds is 6. The second-order valence-electron chi connectivity index (χ2n) is 8.86. The first kappa shape index (κ1) is 24.5. The molecule has 2 aliphatic heterocycles. The van der Waals surface area contributed by atoms with Crippen LogP contribution >= 0.6 is 24.8 Å². The normalized spacial score (nSPS) is 31.3. The monoisotopic (exact) mass is 491 g/mol. The molecule has 4 atom stereocenters. The molecule has 0 radical (unpaired) electrons. The molecule has 1 amide bonds. The summed E-state index contributed by atoms with van der Waals surface area (Å²) < 4.78 is 27.1. The summed E-state index contributed by atoms with van der Waals surface area (Å²) in [4.78, 5) is 26.0. The Morgan fingerprint density at radius 1 is 0.935 bits per heavy atom. The summed E-state index contributed by atoms with van der Waals surface area (Å²) in [6.45, 7) is 4.98. The number of carbonyl (C=O) groups is 1. The third kappa shape index (κ3) is 4.38. The number of carbonyl (C=O) groups excluding carboxylic acids is 1. The van der Waals surface area contributed by atoms with Crippen molar-refractivity contribution in [1.29, 1.82) is 0 Å². The van der Waals surface area contributed by atoms with Crippen LogP contribution in [0.4, 0.5) is 5.95 Å². The van der Waals surface area contributed by atoms with Crippen LogP contribution in [0.1, 0.15) is 32.1 Å². The van der Waals surface area contributed by atoms with E-state index in [0.29, 0.717) is 12.5 Å². The van der Waals surface area contributed by atoms with E-state index in [2.05, 4.69) is 19.8 Å². The summed E-state index contributed by atoms with van der Waals surface area (Å²) in [6.07, 6.45) is 8.12. The fourth-order valence-electron chi connectivity index (χ4n) is 5.90. The van der Waals surface area contributed by atoms with Crippen molar-refractivity contribution in [2.45, 2.75) is 37.4 Å². The van der Waals surface area contributed by atoms with E-state index >= 15 is 0 Å². The highest BCUT2D eigenvalue weighted by molar-refractivity contribution is 7.90. The van der Waals surface area contributed by atoms with Gasteiger partial charge in [-0.1, -0.05) is 0 Å². The summed E-state index contributed by atoms with van der Waals surface area (Å²) in [7, 11) is -3.44. The second-order valence-corrected chi connectivity index (χ2v) is 10.9. The molecule has 0 N–H and O–H groups in total. The lowest BCUT2D eigenvalue weighted by atomic mass is 9.88. The van der Waals surface area contributed by atoms with Gasteiger partial charge in [-0.2, -0.15) is 0 Å². The highest BCUT2D eigenvalue weighted by Gasteiger charge is 2.63. The highest BCUT2D eigenvalue weighted by atomic mass is 35.5. The Bertz CT molecular complexity index is 867. The Kier molecular flexibility index (Phi) is 7.71. The number of sulfonamides is 1. The van der Waals surface area contributed by atoms with E-state index in [-0.39, 0.29) is 42.6 Å². The van der Waals surface area contributed by atoms with Crippen molar-refractivity contribution in [2.75, 3.05) is 44.2 Å². The van der Waals surface area contributed by atoms with Crippen LogP contribution in [0, 0.1) is 17.8 Å². The topological polar surface area (TPSA) is 86.7 Å². The molecule has 4 fully saturated rings. The predicted molar refractivity (Wildman–Crippen MR) is 123 cm³/mol. The number of hydrogen-bond donors (Lipinski definition) is 0. The SMILES string of the molecule is Cl.Cl.O=C1C2C3CCC(C3)C2S(=O)(=O)N1CCCCN1CCN(c2ncccn2)CC1. The molecular weight excluding hydrogens is 461 g/mol. The first-order valence-electron chi connectivity index (χ1n) is 10.9.